The standard InChI is InChI=1S/C15H25O2Si/c1-4-6-12-16-18(17-13-7-5-2)15-11-9-8-10-14(15)3/h8-11H,4-7,12-13H2,1-3H3. The highest BCUT2D eigenvalue weighted by Crippen LogP contribution is 2.02. The van der Waals surface area contributed by atoms with Crippen LogP contribution in [0, 0.1) is 6.92 Å². The van der Waals surface area contributed by atoms with Crippen molar-refractivity contribution >= 4 is 14.5 Å². The third kappa shape index (κ3) is 5.34. The van der Waals surface area contributed by atoms with Crippen molar-refractivity contribution in [3.05, 3.63) is 29.8 Å². The van der Waals surface area contributed by atoms with Gasteiger partial charge in [0.1, 0.15) is 0 Å². The van der Waals surface area contributed by atoms with Crippen LogP contribution in [0.15, 0.2) is 24.3 Å². The van der Waals surface area contributed by atoms with Crippen LogP contribution >= 0.6 is 0 Å². The minimum atomic E-state index is -1.30. The Morgan fingerprint density at radius 1 is 0.944 bits per heavy atom. The van der Waals surface area contributed by atoms with Crippen molar-refractivity contribution in [2.45, 2.75) is 46.5 Å². The zero-order valence-corrected chi connectivity index (χ0v) is 12.9. The second-order valence-corrected chi connectivity index (χ2v) is 6.20. The number of unbranched alkanes of at least 4 members (excludes halogenated alkanes) is 2. The summed E-state index contributed by atoms with van der Waals surface area (Å²) in [5.74, 6) is 0. The average molecular weight is 265 g/mol. The highest BCUT2D eigenvalue weighted by atomic mass is 28.3. The fourth-order valence-corrected chi connectivity index (χ4v) is 3.31. The van der Waals surface area contributed by atoms with E-state index in [0.717, 1.165) is 38.9 Å². The Bertz CT molecular complexity index is 318. The van der Waals surface area contributed by atoms with Gasteiger partial charge in [0.15, 0.2) is 0 Å². The average Bonchev–Trinajstić information content (AvgIpc) is 2.38. The van der Waals surface area contributed by atoms with E-state index in [1.54, 1.807) is 0 Å². The van der Waals surface area contributed by atoms with E-state index >= 15 is 0 Å². The van der Waals surface area contributed by atoms with Gasteiger partial charge in [0.05, 0.1) is 0 Å². The SMILES string of the molecule is CCCCO[Si](OCCCC)c1ccccc1C. The fraction of sp³-hybridized carbons (Fsp3) is 0.600. The largest absolute Gasteiger partial charge is 0.423 e. The predicted molar refractivity (Wildman–Crippen MR) is 78.3 cm³/mol. The molecule has 1 radical (unpaired) electrons. The van der Waals surface area contributed by atoms with Crippen molar-refractivity contribution in [3.63, 3.8) is 0 Å². The molecule has 0 aliphatic heterocycles. The van der Waals surface area contributed by atoms with Crippen LogP contribution < -0.4 is 5.19 Å². The lowest BCUT2D eigenvalue weighted by atomic mass is 10.2. The van der Waals surface area contributed by atoms with Gasteiger partial charge in [-0.3, -0.25) is 0 Å². The van der Waals surface area contributed by atoms with Crippen LogP contribution in [0.3, 0.4) is 0 Å². The highest BCUT2D eigenvalue weighted by molar-refractivity contribution is 6.61. The van der Waals surface area contributed by atoms with Gasteiger partial charge in [-0.2, -0.15) is 0 Å². The summed E-state index contributed by atoms with van der Waals surface area (Å²) in [5, 5.41) is 1.26. The number of benzene rings is 1. The number of rotatable bonds is 9. The van der Waals surface area contributed by atoms with Crippen molar-refractivity contribution in [2.24, 2.45) is 0 Å². The molecule has 2 nitrogen and oxygen atoms in total. The van der Waals surface area contributed by atoms with Crippen LogP contribution in [0.4, 0.5) is 0 Å². The summed E-state index contributed by atoms with van der Waals surface area (Å²) in [6.07, 6.45) is 4.55. The van der Waals surface area contributed by atoms with Gasteiger partial charge in [0, 0.05) is 13.2 Å². The molecule has 0 bridgehead atoms. The topological polar surface area (TPSA) is 18.5 Å². The smallest absolute Gasteiger partial charge is 0.390 e. The molecule has 1 aromatic carbocycles. The summed E-state index contributed by atoms with van der Waals surface area (Å²) < 4.78 is 12.0. The van der Waals surface area contributed by atoms with Gasteiger partial charge in [-0.1, -0.05) is 51.0 Å². The molecule has 0 aromatic heterocycles. The molecule has 0 aliphatic rings. The molecule has 0 heterocycles. The monoisotopic (exact) mass is 265 g/mol. The molecule has 0 spiro atoms. The maximum atomic E-state index is 5.98. The van der Waals surface area contributed by atoms with Crippen LogP contribution in [0.1, 0.15) is 45.1 Å². The van der Waals surface area contributed by atoms with Gasteiger partial charge in [0.2, 0.25) is 0 Å². The second kappa shape index (κ2) is 9.31. The van der Waals surface area contributed by atoms with E-state index in [4.69, 9.17) is 8.85 Å². The lowest BCUT2D eigenvalue weighted by Crippen LogP contribution is -2.39. The maximum Gasteiger partial charge on any atom is 0.423 e. The number of hydrogen-bond acceptors (Lipinski definition) is 2. The molecule has 0 amide bonds. The van der Waals surface area contributed by atoms with E-state index in [1.807, 2.05) is 0 Å². The predicted octanol–water partition coefficient (Wildman–Crippen LogP) is 3.32. The molecule has 0 saturated carbocycles. The zero-order chi connectivity index (χ0) is 13.2. The van der Waals surface area contributed by atoms with E-state index in [0.29, 0.717) is 0 Å². The molecule has 0 unspecified atom stereocenters. The minimum Gasteiger partial charge on any atom is -0.390 e. The first-order chi connectivity index (χ1) is 8.79. The van der Waals surface area contributed by atoms with Crippen molar-refractivity contribution < 1.29 is 8.85 Å². The molecule has 18 heavy (non-hydrogen) atoms. The second-order valence-electron chi connectivity index (χ2n) is 4.51. The van der Waals surface area contributed by atoms with Gasteiger partial charge in [-0.05, 0) is 30.5 Å². The molecule has 101 valence electrons. The fourth-order valence-electron chi connectivity index (χ4n) is 1.62. The Hall–Kier alpha value is -0.643. The van der Waals surface area contributed by atoms with Crippen LogP contribution in [0.5, 0.6) is 0 Å². The van der Waals surface area contributed by atoms with Crippen LogP contribution in [0.25, 0.3) is 0 Å². The summed E-state index contributed by atoms with van der Waals surface area (Å²) in [6.45, 7) is 8.12. The van der Waals surface area contributed by atoms with E-state index in [1.165, 1.54) is 10.8 Å². The summed E-state index contributed by atoms with van der Waals surface area (Å²) >= 11 is 0. The van der Waals surface area contributed by atoms with Crippen molar-refractivity contribution in [1.82, 2.24) is 0 Å². The Morgan fingerprint density at radius 2 is 1.50 bits per heavy atom. The lowest BCUT2D eigenvalue weighted by molar-refractivity contribution is 0.202. The number of hydrogen-bond donors (Lipinski definition) is 0. The van der Waals surface area contributed by atoms with Crippen LogP contribution in [0.2, 0.25) is 0 Å². The van der Waals surface area contributed by atoms with E-state index < -0.39 is 9.28 Å². The third-order valence-corrected chi connectivity index (χ3v) is 4.76. The molecular formula is C15H25O2Si. The molecule has 0 N–H and O–H groups in total. The minimum absolute atomic E-state index is 0.811. The van der Waals surface area contributed by atoms with Crippen LogP contribution in [-0.2, 0) is 8.85 Å². The first-order valence-corrected chi connectivity index (χ1v) is 8.29. The van der Waals surface area contributed by atoms with Crippen LogP contribution in [-0.4, -0.2) is 22.5 Å². The molecule has 3 heteroatoms. The molecule has 1 rings (SSSR count). The third-order valence-electron chi connectivity index (χ3n) is 2.83. The Morgan fingerprint density at radius 3 is 2.00 bits per heavy atom. The van der Waals surface area contributed by atoms with Crippen molar-refractivity contribution in [3.8, 4) is 0 Å². The highest BCUT2D eigenvalue weighted by Gasteiger charge is 2.20. The number of aryl methyl sites for hydroxylation is 1. The molecule has 1 aromatic rings. The van der Waals surface area contributed by atoms with Crippen molar-refractivity contribution in [1.29, 1.82) is 0 Å². The zero-order valence-electron chi connectivity index (χ0n) is 11.9. The lowest BCUT2D eigenvalue weighted by Gasteiger charge is -2.17. The van der Waals surface area contributed by atoms with Gasteiger partial charge < -0.3 is 8.85 Å². The molecule has 0 aliphatic carbocycles. The Kier molecular flexibility index (Phi) is 7.97. The van der Waals surface area contributed by atoms with E-state index in [-0.39, 0.29) is 0 Å². The maximum absolute atomic E-state index is 5.98. The van der Waals surface area contributed by atoms with Crippen molar-refractivity contribution in [2.75, 3.05) is 13.2 Å². The van der Waals surface area contributed by atoms with E-state index in [9.17, 15) is 0 Å². The summed E-state index contributed by atoms with van der Waals surface area (Å²) in [7, 11) is -1.30. The summed E-state index contributed by atoms with van der Waals surface area (Å²) in [4.78, 5) is 0. The quantitative estimate of drug-likeness (QED) is 0.504. The Labute approximate surface area is 113 Å². The first kappa shape index (κ1) is 15.4. The van der Waals surface area contributed by atoms with Gasteiger partial charge in [0.25, 0.3) is 0 Å². The molecule has 0 fully saturated rings. The van der Waals surface area contributed by atoms with Gasteiger partial charge in [-0.25, -0.2) is 0 Å². The van der Waals surface area contributed by atoms with E-state index in [2.05, 4.69) is 45.0 Å². The van der Waals surface area contributed by atoms with Gasteiger partial charge in [-0.15, -0.1) is 0 Å². The summed E-state index contributed by atoms with van der Waals surface area (Å²) in [5.41, 5.74) is 1.28. The van der Waals surface area contributed by atoms with Gasteiger partial charge >= 0.3 is 9.28 Å². The molecule has 0 saturated heterocycles. The normalized spacial score (nSPS) is 11.1. The Balaban J connectivity index is 2.60. The first-order valence-electron chi connectivity index (χ1n) is 6.98. The molecule has 0 atom stereocenters. The summed E-state index contributed by atoms with van der Waals surface area (Å²) in [6, 6.07) is 8.41. The molecular weight excluding hydrogens is 240 g/mol.